The molecule has 1 aliphatic rings. The van der Waals surface area contributed by atoms with Crippen molar-refractivity contribution in [2.75, 3.05) is 25.5 Å². The van der Waals surface area contributed by atoms with Crippen LogP contribution in [0.15, 0.2) is 53.4 Å². The van der Waals surface area contributed by atoms with Gasteiger partial charge in [0.05, 0.1) is 23.6 Å². The van der Waals surface area contributed by atoms with Crippen LogP contribution in [0.25, 0.3) is 0 Å². The second kappa shape index (κ2) is 8.29. The van der Waals surface area contributed by atoms with E-state index in [1.807, 2.05) is 0 Å². The highest BCUT2D eigenvalue weighted by Gasteiger charge is 2.33. The van der Waals surface area contributed by atoms with Crippen LogP contribution in [0.5, 0.6) is 5.75 Å². The molecule has 1 atom stereocenters. The number of benzene rings is 2. The summed E-state index contributed by atoms with van der Waals surface area (Å²) in [4.78, 5) is 13.0. The average Bonchev–Trinajstić information content (AvgIpc) is 2.69. The van der Waals surface area contributed by atoms with Gasteiger partial charge in [0.2, 0.25) is 15.9 Å². The van der Waals surface area contributed by atoms with Crippen molar-refractivity contribution < 1.29 is 17.9 Å². The predicted octanol–water partition coefficient (Wildman–Crippen LogP) is 3.39. The number of piperidine rings is 1. The highest BCUT2D eigenvalue weighted by molar-refractivity contribution is 7.89. The van der Waals surface area contributed by atoms with Gasteiger partial charge in [-0.1, -0.05) is 29.8 Å². The first-order valence-corrected chi connectivity index (χ1v) is 10.4. The van der Waals surface area contributed by atoms with Crippen molar-refractivity contribution in [3.05, 3.63) is 53.6 Å². The van der Waals surface area contributed by atoms with Crippen LogP contribution in [0.2, 0.25) is 5.02 Å². The average molecular weight is 409 g/mol. The molecule has 2 aromatic rings. The third kappa shape index (κ3) is 4.43. The number of nitrogens with zero attached hydrogens (tertiary/aromatic N) is 1. The standard InChI is InChI=1S/C19H21ClN2O4S/c1-26-18-10-9-15(20)12-17(18)21-19(23)14-6-5-11-22(13-14)27(24,25)16-7-3-2-4-8-16/h2-4,7-10,12,14H,5-6,11,13H2,1H3,(H,21,23)/t14-/m0/s1. The Hall–Kier alpha value is -2.09. The third-order valence-electron chi connectivity index (χ3n) is 4.56. The van der Waals surface area contributed by atoms with Crippen LogP contribution in [0, 0.1) is 5.92 Å². The van der Waals surface area contributed by atoms with Crippen molar-refractivity contribution in [2.45, 2.75) is 17.7 Å². The number of carbonyl (C=O) groups is 1. The van der Waals surface area contributed by atoms with Gasteiger partial charge in [0.1, 0.15) is 5.75 Å². The molecule has 1 N–H and O–H groups in total. The number of rotatable bonds is 5. The molecule has 2 aromatic carbocycles. The van der Waals surface area contributed by atoms with Crippen molar-refractivity contribution in [1.29, 1.82) is 0 Å². The first kappa shape index (κ1) is 19.7. The highest BCUT2D eigenvalue weighted by atomic mass is 35.5. The van der Waals surface area contributed by atoms with Gasteiger partial charge in [-0.05, 0) is 43.2 Å². The van der Waals surface area contributed by atoms with Crippen LogP contribution in [-0.4, -0.2) is 38.8 Å². The Kier molecular flexibility index (Phi) is 6.04. The molecule has 0 unspecified atom stereocenters. The minimum atomic E-state index is -3.61. The van der Waals surface area contributed by atoms with Crippen molar-refractivity contribution in [1.82, 2.24) is 4.31 Å². The van der Waals surface area contributed by atoms with Crippen molar-refractivity contribution in [3.8, 4) is 5.75 Å². The fourth-order valence-corrected chi connectivity index (χ4v) is 4.85. The zero-order chi connectivity index (χ0) is 19.4. The van der Waals surface area contributed by atoms with Gasteiger partial charge in [-0.2, -0.15) is 4.31 Å². The van der Waals surface area contributed by atoms with Crippen LogP contribution in [0.3, 0.4) is 0 Å². The number of carbonyl (C=O) groups excluding carboxylic acids is 1. The highest BCUT2D eigenvalue weighted by Crippen LogP contribution is 2.30. The van der Waals surface area contributed by atoms with E-state index in [9.17, 15) is 13.2 Å². The molecule has 0 saturated carbocycles. The molecule has 1 heterocycles. The number of nitrogens with one attached hydrogen (secondary N) is 1. The lowest BCUT2D eigenvalue weighted by molar-refractivity contribution is -0.120. The SMILES string of the molecule is COc1ccc(Cl)cc1NC(=O)[C@H]1CCCN(S(=O)(=O)c2ccccc2)C1. The largest absolute Gasteiger partial charge is 0.495 e. The number of methoxy groups -OCH3 is 1. The van der Waals surface area contributed by atoms with Crippen LogP contribution in [0.1, 0.15) is 12.8 Å². The molecule has 144 valence electrons. The van der Waals surface area contributed by atoms with E-state index in [4.69, 9.17) is 16.3 Å². The molecule has 0 radical (unpaired) electrons. The Balaban J connectivity index is 1.75. The molecule has 0 aliphatic carbocycles. The summed E-state index contributed by atoms with van der Waals surface area (Å²) in [6.07, 6.45) is 1.24. The summed E-state index contributed by atoms with van der Waals surface area (Å²) in [6, 6.07) is 13.2. The normalized spacial score (nSPS) is 18.1. The molecule has 3 rings (SSSR count). The molecule has 8 heteroatoms. The first-order chi connectivity index (χ1) is 12.9. The number of halogens is 1. The van der Waals surface area contributed by atoms with E-state index in [1.165, 1.54) is 11.4 Å². The Morgan fingerprint density at radius 2 is 1.96 bits per heavy atom. The van der Waals surface area contributed by atoms with Crippen LogP contribution < -0.4 is 10.1 Å². The van der Waals surface area contributed by atoms with E-state index in [0.29, 0.717) is 35.8 Å². The van der Waals surface area contributed by atoms with E-state index in [0.717, 1.165) is 0 Å². The van der Waals surface area contributed by atoms with Gasteiger partial charge in [-0.25, -0.2) is 8.42 Å². The molecule has 1 aliphatic heterocycles. The van der Waals surface area contributed by atoms with Crippen molar-refractivity contribution in [3.63, 3.8) is 0 Å². The lowest BCUT2D eigenvalue weighted by Gasteiger charge is -2.31. The molecular formula is C19H21ClN2O4S. The molecule has 0 spiro atoms. The van der Waals surface area contributed by atoms with Crippen LogP contribution in [-0.2, 0) is 14.8 Å². The topological polar surface area (TPSA) is 75.7 Å². The summed E-state index contributed by atoms with van der Waals surface area (Å²) in [6.45, 7) is 0.549. The number of ether oxygens (including phenoxy) is 1. The van der Waals surface area contributed by atoms with Gasteiger partial charge in [0, 0.05) is 18.1 Å². The third-order valence-corrected chi connectivity index (χ3v) is 6.67. The van der Waals surface area contributed by atoms with Gasteiger partial charge in [0.15, 0.2) is 0 Å². The summed E-state index contributed by atoms with van der Waals surface area (Å²) in [5.74, 6) is -0.193. The Morgan fingerprint density at radius 1 is 1.22 bits per heavy atom. The van der Waals surface area contributed by atoms with E-state index in [-0.39, 0.29) is 17.3 Å². The van der Waals surface area contributed by atoms with Crippen molar-refractivity contribution in [2.24, 2.45) is 5.92 Å². The fraction of sp³-hybridized carbons (Fsp3) is 0.316. The quantitative estimate of drug-likeness (QED) is 0.822. The van der Waals surface area contributed by atoms with Gasteiger partial charge < -0.3 is 10.1 Å². The van der Waals surface area contributed by atoms with Gasteiger partial charge in [-0.3, -0.25) is 4.79 Å². The maximum atomic E-state index is 12.8. The second-order valence-corrected chi connectivity index (χ2v) is 8.72. The van der Waals surface area contributed by atoms with Crippen LogP contribution in [0.4, 0.5) is 5.69 Å². The maximum absolute atomic E-state index is 12.8. The van der Waals surface area contributed by atoms with Gasteiger partial charge in [0.25, 0.3) is 0 Å². The molecule has 1 saturated heterocycles. The van der Waals surface area contributed by atoms with Gasteiger partial charge >= 0.3 is 0 Å². The number of amides is 1. The number of anilines is 1. The fourth-order valence-electron chi connectivity index (χ4n) is 3.13. The Labute approximate surface area is 164 Å². The Bertz CT molecular complexity index is 919. The summed E-state index contributed by atoms with van der Waals surface area (Å²) in [7, 11) is -2.11. The van der Waals surface area contributed by atoms with Crippen molar-refractivity contribution >= 4 is 33.2 Å². The molecule has 6 nitrogen and oxygen atoms in total. The van der Waals surface area contributed by atoms with Crippen LogP contribution >= 0.6 is 11.6 Å². The molecule has 1 amide bonds. The summed E-state index contributed by atoms with van der Waals surface area (Å²) < 4.78 is 32.3. The molecule has 27 heavy (non-hydrogen) atoms. The smallest absolute Gasteiger partial charge is 0.243 e. The monoisotopic (exact) mass is 408 g/mol. The zero-order valence-corrected chi connectivity index (χ0v) is 16.5. The second-order valence-electron chi connectivity index (χ2n) is 6.35. The predicted molar refractivity (Wildman–Crippen MR) is 105 cm³/mol. The Morgan fingerprint density at radius 3 is 2.67 bits per heavy atom. The summed E-state index contributed by atoms with van der Waals surface area (Å²) in [5, 5.41) is 3.29. The summed E-state index contributed by atoms with van der Waals surface area (Å²) >= 11 is 6.00. The lowest BCUT2D eigenvalue weighted by Crippen LogP contribution is -2.43. The van der Waals surface area contributed by atoms with E-state index in [2.05, 4.69) is 5.32 Å². The minimum absolute atomic E-state index is 0.145. The number of hydrogen-bond donors (Lipinski definition) is 1. The van der Waals surface area contributed by atoms with E-state index < -0.39 is 15.9 Å². The molecule has 0 bridgehead atoms. The summed E-state index contributed by atoms with van der Waals surface area (Å²) in [5.41, 5.74) is 0.470. The maximum Gasteiger partial charge on any atom is 0.243 e. The molecule has 1 fully saturated rings. The molecular weight excluding hydrogens is 388 g/mol. The first-order valence-electron chi connectivity index (χ1n) is 8.61. The number of sulfonamides is 1. The van der Waals surface area contributed by atoms with E-state index in [1.54, 1.807) is 48.5 Å². The minimum Gasteiger partial charge on any atom is -0.495 e. The number of hydrogen-bond acceptors (Lipinski definition) is 4. The zero-order valence-electron chi connectivity index (χ0n) is 14.9. The lowest BCUT2D eigenvalue weighted by atomic mass is 9.98. The van der Waals surface area contributed by atoms with Gasteiger partial charge in [-0.15, -0.1) is 0 Å². The van der Waals surface area contributed by atoms with E-state index >= 15 is 0 Å². The molecule has 0 aromatic heterocycles.